The maximum absolute atomic E-state index is 6.03. The summed E-state index contributed by atoms with van der Waals surface area (Å²) in [7, 11) is 4.22. The molecule has 2 nitrogen and oxygen atoms in total. The van der Waals surface area contributed by atoms with Crippen molar-refractivity contribution in [2.24, 2.45) is 0 Å². The van der Waals surface area contributed by atoms with Crippen LogP contribution in [0, 0.1) is 0 Å². The first-order valence-electron chi connectivity index (χ1n) is 6.32. The van der Waals surface area contributed by atoms with E-state index in [0.29, 0.717) is 5.88 Å². The fourth-order valence-corrected chi connectivity index (χ4v) is 2.62. The third-order valence-electron chi connectivity index (χ3n) is 2.94. The van der Waals surface area contributed by atoms with Gasteiger partial charge in [-0.2, -0.15) is 0 Å². The molecule has 0 atom stereocenters. The monoisotopic (exact) mass is 332 g/mol. The Morgan fingerprint density at radius 3 is 2.50 bits per heavy atom. The van der Waals surface area contributed by atoms with Crippen molar-refractivity contribution < 1.29 is 0 Å². The maximum atomic E-state index is 6.03. The molecule has 0 bridgehead atoms. The third kappa shape index (κ3) is 4.79. The van der Waals surface area contributed by atoms with E-state index < -0.39 is 0 Å². The topological polar surface area (TPSA) is 6.48 Å². The van der Waals surface area contributed by atoms with Crippen LogP contribution < -0.4 is 4.90 Å². The summed E-state index contributed by atoms with van der Waals surface area (Å²) in [6, 6.07) is 6.35. The van der Waals surface area contributed by atoms with Crippen molar-refractivity contribution in [3.8, 4) is 0 Å². The van der Waals surface area contributed by atoms with E-state index in [-0.39, 0.29) is 0 Å². The summed E-state index contributed by atoms with van der Waals surface area (Å²) in [5.41, 5.74) is 2.45. The molecule has 0 spiro atoms. The molecule has 1 aromatic carbocycles. The van der Waals surface area contributed by atoms with Crippen molar-refractivity contribution in [2.75, 3.05) is 38.6 Å². The van der Waals surface area contributed by atoms with E-state index in [2.05, 4.69) is 64.9 Å². The standard InChI is InChI=1S/C14H22BrClN2/c1-4-18(9-5-8-17(2)3)14-7-6-13(15)10-12(14)11-16/h6-7,10H,4-5,8-9,11H2,1-3H3. The van der Waals surface area contributed by atoms with Gasteiger partial charge in [-0.3, -0.25) is 0 Å². The molecule has 0 aliphatic carbocycles. The Morgan fingerprint density at radius 1 is 1.22 bits per heavy atom. The van der Waals surface area contributed by atoms with Crippen LogP contribution in [0.2, 0.25) is 0 Å². The molecule has 0 aliphatic heterocycles. The fourth-order valence-electron chi connectivity index (χ4n) is 2.00. The van der Waals surface area contributed by atoms with Gasteiger partial charge in [0.25, 0.3) is 0 Å². The summed E-state index contributed by atoms with van der Waals surface area (Å²) < 4.78 is 1.09. The molecule has 0 radical (unpaired) electrons. The van der Waals surface area contributed by atoms with E-state index >= 15 is 0 Å². The predicted octanol–water partition coefficient (Wildman–Crippen LogP) is 3.97. The molecular weight excluding hydrogens is 312 g/mol. The molecule has 4 heteroatoms. The zero-order valence-corrected chi connectivity index (χ0v) is 13.8. The molecule has 0 saturated heterocycles. The number of hydrogen-bond acceptors (Lipinski definition) is 2. The summed E-state index contributed by atoms with van der Waals surface area (Å²) in [6.45, 7) is 5.39. The summed E-state index contributed by atoms with van der Waals surface area (Å²) in [4.78, 5) is 4.62. The zero-order chi connectivity index (χ0) is 13.5. The lowest BCUT2D eigenvalue weighted by atomic mass is 10.1. The summed E-state index contributed by atoms with van der Waals surface area (Å²) >= 11 is 9.53. The van der Waals surface area contributed by atoms with Gasteiger partial charge in [-0.1, -0.05) is 15.9 Å². The first-order chi connectivity index (χ1) is 8.58. The van der Waals surface area contributed by atoms with Crippen molar-refractivity contribution in [1.82, 2.24) is 4.90 Å². The lowest BCUT2D eigenvalue weighted by Crippen LogP contribution is -2.27. The number of anilines is 1. The van der Waals surface area contributed by atoms with Crippen molar-refractivity contribution >= 4 is 33.2 Å². The summed E-state index contributed by atoms with van der Waals surface area (Å²) in [6.07, 6.45) is 1.17. The highest BCUT2D eigenvalue weighted by atomic mass is 79.9. The second-order valence-electron chi connectivity index (χ2n) is 4.64. The normalized spacial score (nSPS) is 11.0. The van der Waals surface area contributed by atoms with E-state index in [9.17, 15) is 0 Å². The molecule has 0 aromatic heterocycles. The van der Waals surface area contributed by atoms with Crippen molar-refractivity contribution in [3.63, 3.8) is 0 Å². The van der Waals surface area contributed by atoms with E-state index in [1.54, 1.807) is 0 Å². The summed E-state index contributed by atoms with van der Waals surface area (Å²) in [5, 5.41) is 0. The lowest BCUT2D eigenvalue weighted by molar-refractivity contribution is 0.400. The smallest absolute Gasteiger partial charge is 0.0494 e. The maximum Gasteiger partial charge on any atom is 0.0494 e. The molecule has 0 saturated carbocycles. The number of hydrogen-bond donors (Lipinski definition) is 0. The van der Waals surface area contributed by atoms with E-state index in [0.717, 1.165) is 24.1 Å². The van der Waals surface area contributed by atoms with E-state index in [1.165, 1.54) is 17.7 Å². The average molecular weight is 334 g/mol. The first-order valence-corrected chi connectivity index (χ1v) is 7.65. The molecule has 0 N–H and O–H groups in total. The van der Waals surface area contributed by atoms with Crippen LogP contribution in [0.15, 0.2) is 22.7 Å². The van der Waals surface area contributed by atoms with E-state index in [1.807, 2.05) is 0 Å². The minimum absolute atomic E-state index is 0.555. The Kier molecular flexibility index (Phi) is 7.05. The fraction of sp³-hybridized carbons (Fsp3) is 0.571. The van der Waals surface area contributed by atoms with Crippen LogP contribution in [0.5, 0.6) is 0 Å². The minimum Gasteiger partial charge on any atom is -0.372 e. The van der Waals surface area contributed by atoms with Crippen LogP contribution in [-0.2, 0) is 5.88 Å². The molecule has 0 unspecified atom stereocenters. The molecular formula is C14H22BrClN2. The van der Waals surface area contributed by atoms with Gasteiger partial charge in [0.2, 0.25) is 0 Å². The van der Waals surface area contributed by atoms with E-state index in [4.69, 9.17) is 11.6 Å². The molecule has 1 aromatic rings. The number of nitrogens with zero attached hydrogens (tertiary/aromatic N) is 2. The number of halogens is 2. The van der Waals surface area contributed by atoms with Gasteiger partial charge < -0.3 is 9.80 Å². The molecule has 102 valence electrons. The predicted molar refractivity (Wildman–Crippen MR) is 84.8 cm³/mol. The van der Waals surface area contributed by atoms with Crippen LogP contribution in [0.25, 0.3) is 0 Å². The highest BCUT2D eigenvalue weighted by Crippen LogP contribution is 2.26. The van der Waals surface area contributed by atoms with Crippen molar-refractivity contribution in [3.05, 3.63) is 28.2 Å². The Labute approximate surface area is 124 Å². The Hall–Kier alpha value is -0.250. The van der Waals surface area contributed by atoms with Crippen LogP contribution in [-0.4, -0.2) is 38.6 Å². The van der Waals surface area contributed by atoms with Gasteiger partial charge in [-0.15, -0.1) is 11.6 Å². The highest BCUT2D eigenvalue weighted by Gasteiger charge is 2.09. The Morgan fingerprint density at radius 2 is 1.94 bits per heavy atom. The second-order valence-corrected chi connectivity index (χ2v) is 5.83. The van der Waals surface area contributed by atoms with Gasteiger partial charge in [-0.05, 0) is 57.7 Å². The minimum atomic E-state index is 0.555. The molecule has 0 heterocycles. The molecule has 18 heavy (non-hydrogen) atoms. The van der Waals surface area contributed by atoms with Gasteiger partial charge in [-0.25, -0.2) is 0 Å². The number of rotatable bonds is 7. The second kappa shape index (κ2) is 8.03. The first kappa shape index (κ1) is 15.8. The lowest BCUT2D eigenvalue weighted by Gasteiger charge is -2.26. The van der Waals surface area contributed by atoms with Crippen molar-refractivity contribution in [1.29, 1.82) is 0 Å². The Balaban J connectivity index is 2.75. The largest absolute Gasteiger partial charge is 0.372 e. The molecule has 0 aliphatic rings. The molecule has 1 rings (SSSR count). The molecule has 0 fully saturated rings. The van der Waals surface area contributed by atoms with Gasteiger partial charge in [0.1, 0.15) is 0 Å². The van der Waals surface area contributed by atoms with Crippen molar-refractivity contribution in [2.45, 2.75) is 19.2 Å². The Bertz CT molecular complexity index is 369. The number of benzene rings is 1. The molecule has 0 amide bonds. The zero-order valence-electron chi connectivity index (χ0n) is 11.4. The highest BCUT2D eigenvalue weighted by molar-refractivity contribution is 9.10. The summed E-state index contributed by atoms with van der Waals surface area (Å²) in [5.74, 6) is 0.555. The SMILES string of the molecule is CCN(CCCN(C)C)c1ccc(Br)cc1CCl. The van der Waals surface area contributed by atoms with Crippen LogP contribution in [0.1, 0.15) is 18.9 Å². The van der Waals surface area contributed by atoms with Gasteiger partial charge in [0, 0.05) is 29.1 Å². The van der Waals surface area contributed by atoms with Gasteiger partial charge in [0.05, 0.1) is 0 Å². The van der Waals surface area contributed by atoms with Gasteiger partial charge >= 0.3 is 0 Å². The van der Waals surface area contributed by atoms with Gasteiger partial charge in [0.15, 0.2) is 0 Å². The quantitative estimate of drug-likeness (QED) is 0.697. The van der Waals surface area contributed by atoms with Crippen LogP contribution in [0.3, 0.4) is 0 Å². The average Bonchev–Trinajstić information content (AvgIpc) is 2.34. The number of alkyl halides is 1. The van der Waals surface area contributed by atoms with Crippen LogP contribution >= 0.6 is 27.5 Å². The van der Waals surface area contributed by atoms with Crippen LogP contribution in [0.4, 0.5) is 5.69 Å². The third-order valence-corrected chi connectivity index (χ3v) is 3.72.